The molecular weight excluding hydrogens is 619 g/mol. The van der Waals surface area contributed by atoms with Gasteiger partial charge in [0.15, 0.2) is 0 Å². The van der Waals surface area contributed by atoms with Gasteiger partial charge in [0.05, 0.1) is 16.4 Å². The fraction of sp³-hybridized carbons (Fsp3) is 0.0204. The number of benzene rings is 8. The van der Waals surface area contributed by atoms with Crippen molar-refractivity contribution in [3.05, 3.63) is 198 Å². The van der Waals surface area contributed by atoms with Crippen LogP contribution in [0.25, 0.3) is 82.8 Å². The average Bonchev–Trinajstić information content (AvgIpc) is 3.91. The van der Waals surface area contributed by atoms with Crippen LogP contribution in [-0.4, -0.2) is 4.57 Å². The predicted octanol–water partition coefficient (Wildman–Crippen LogP) is 12.7. The Kier molecular flexibility index (Phi) is 5.20. The Morgan fingerprint density at radius 2 is 0.922 bits per heavy atom. The molecule has 0 N–H and O–H groups in total. The normalized spacial score (nSPS) is 13.6. The van der Waals surface area contributed by atoms with Crippen molar-refractivity contribution in [1.82, 2.24) is 4.57 Å². The highest BCUT2D eigenvalue weighted by molar-refractivity contribution is 6.19. The largest absolute Gasteiger partial charge is 0.455 e. The standard InChI is InChI=1S/C49H29NO/c1-2-14-30(15-3-1)50-44-26-11-7-19-37(44)47-34(20-13-27-45(47)50)35-21-12-22-36-39-28-43-38(29-46(39)51-48(35)36)33-18-6-10-25-42(33)49(43)40-23-8-4-16-31(40)32-17-5-9-24-41(32)49/h1-29H. The van der Waals surface area contributed by atoms with Crippen LogP contribution in [0.15, 0.2) is 180 Å². The number of nitrogens with zero attached hydrogens (tertiary/aromatic N) is 1. The summed E-state index contributed by atoms with van der Waals surface area (Å²) in [6.07, 6.45) is 0. The van der Waals surface area contributed by atoms with E-state index in [-0.39, 0.29) is 5.41 Å². The summed E-state index contributed by atoms with van der Waals surface area (Å²) in [7, 11) is 0. The van der Waals surface area contributed by atoms with Gasteiger partial charge in [0.1, 0.15) is 11.2 Å². The van der Waals surface area contributed by atoms with Crippen molar-refractivity contribution in [3.63, 3.8) is 0 Å². The van der Waals surface area contributed by atoms with E-state index in [4.69, 9.17) is 4.42 Å². The van der Waals surface area contributed by atoms with Crippen LogP contribution in [-0.2, 0) is 5.41 Å². The molecule has 12 rings (SSSR count). The Morgan fingerprint density at radius 3 is 1.67 bits per heavy atom. The smallest absolute Gasteiger partial charge is 0.143 e. The van der Waals surface area contributed by atoms with Gasteiger partial charge < -0.3 is 8.98 Å². The molecule has 1 spiro atoms. The summed E-state index contributed by atoms with van der Waals surface area (Å²) < 4.78 is 9.39. The lowest BCUT2D eigenvalue weighted by Crippen LogP contribution is -2.25. The monoisotopic (exact) mass is 647 g/mol. The van der Waals surface area contributed by atoms with E-state index in [1.165, 1.54) is 71.9 Å². The van der Waals surface area contributed by atoms with Gasteiger partial charge in [-0.25, -0.2) is 0 Å². The van der Waals surface area contributed by atoms with Crippen LogP contribution in [0.4, 0.5) is 0 Å². The highest BCUT2D eigenvalue weighted by Crippen LogP contribution is 2.63. The SMILES string of the molecule is c1ccc(-n2c3ccccc3c3c(-c4cccc5c4oc4cc6c(cc45)C4(c5ccccc5-c5ccccc54)c4ccccc4-6)cccc32)cc1. The van der Waals surface area contributed by atoms with Crippen molar-refractivity contribution >= 4 is 43.7 Å². The molecule has 2 heteroatoms. The summed E-state index contributed by atoms with van der Waals surface area (Å²) in [5, 5.41) is 4.76. The molecule has 2 nitrogen and oxygen atoms in total. The molecule has 0 unspecified atom stereocenters. The minimum absolute atomic E-state index is 0.390. The van der Waals surface area contributed by atoms with Crippen molar-refractivity contribution in [2.75, 3.05) is 0 Å². The Hall–Kier alpha value is -6.64. The summed E-state index contributed by atoms with van der Waals surface area (Å²) in [5.41, 5.74) is 17.8. The summed E-state index contributed by atoms with van der Waals surface area (Å²) in [5.74, 6) is 0. The van der Waals surface area contributed by atoms with E-state index in [1.54, 1.807) is 0 Å². The molecule has 2 aliphatic rings. The minimum atomic E-state index is -0.390. The maximum absolute atomic E-state index is 7.01. The van der Waals surface area contributed by atoms with Crippen LogP contribution in [0.3, 0.4) is 0 Å². The number of aromatic nitrogens is 1. The van der Waals surface area contributed by atoms with Crippen molar-refractivity contribution in [2.45, 2.75) is 5.41 Å². The zero-order valence-corrected chi connectivity index (χ0v) is 27.6. The molecular formula is C49H29NO. The number of rotatable bonds is 2. The third kappa shape index (κ3) is 3.32. The molecule has 0 bridgehead atoms. The zero-order valence-electron chi connectivity index (χ0n) is 27.6. The van der Waals surface area contributed by atoms with Gasteiger partial charge in [-0.05, 0) is 86.5 Å². The molecule has 10 aromatic rings. The molecule has 2 aromatic heterocycles. The molecule has 51 heavy (non-hydrogen) atoms. The van der Waals surface area contributed by atoms with Gasteiger partial charge in [0, 0.05) is 32.8 Å². The molecule has 236 valence electrons. The van der Waals surface area contributed by atoms with E-state index in [0.717, 1.165) is 33.2 Å². The zero-order chi connectivity index (χ0) is 33.3. The first-order chi connectivity index (χ1) is 25.3. The van der Waals surface area contributed by atoms with Crippen LogP contribution in [0.5, 0.6) is 0 Å². The second kappa shape index (κ2) is 9.74. The first kappa shape index (κ1) is 27.2. The highest BCUT2D eigenvalue weighted by atomic mass is 16.3. The van der Waals surface area contributed by atoms with E-state index in [0.29, 0.717) is 0 Å². The second-order valence-electron chi connectivity index (χ2n) is 14.0. The van der Waals surface area contributed by atoms with Gasteiger partial charge in [-0.2, -0.15) is 0 Å². The van der Waals surface area contributed by atoms with Crippen LogP contribution in [0.1, 0.15) is 22.3 Å². The molecule has 0 saturated heterocycles. The Bertz CT molecular complexity index is 3040. The first-order valence-corrected chi connectivity index (χ1v) is 17.7. The molecule has 0 amide bonds. The van der Waals surface area contributed by atoms with Gasteiger partial charge in [-0.15, -0.1) is 0 Å². The number of hydrogen-bond donors (Lipinski definition) is 0. The van der Waals surface area contributed by atoms with Crippen LogP contribution >= 0.6 is 0 Å². The number of para-hydroxylation sites is 3. The fourth-order valence-corrected chi connectivity index (χ4v) is 9.69. The number of fused-ring (bicyclic) bond motifs is 16. The second-order valence-corrected chi connectivity index (χ2v) is 14.0. The van der Waals surface area contributed by atoms with Crippen molar-refractivity contribution < 1.29 is 4.42 Å². The third-order valence-corrected chi connectivity index (χ3v) is 11.6. The van der Waals surface area contributed by atoms with E-state index in [2.05, 4.69) is 180 Å². The van der Waals surface area contributed by atoms with Crippen LogP contribution in [0, 0.1) is 0 Å². The number of hydrogen-bond acceptors (Lipinski definition) is 1. The predicted molar refractivity (Wildman–Crippen MR) is 210 cm³/mol. The molecule has 0 aliphatic heterocycles. The van der Waals surface area contributed by atoms with Gasteiger partial charge in [-0.1, -0.05) is 140 Å². The Labute approximate surface area is 294 Å². The third-order valence-electron chi connectivity index (χ3n) is 11.6. The van der Waals surface area contributed by atoms with Gasteiger partial charge >= 0.3 is 0 Å². The summed E-state index contributed by atoms with van der Waals surface area (Å²) in [6.45, 7) is 0. The lowest BCUT2D eigenvalue weighted by Gasteiger charge is -2.30. The minimum Gasteiger partial charge on any atom is -0.455 e. The van der Waals surface area contributed by atoms with Gasteiger partial charge in [-0.3, -0.25) is 0 Å². The van der Waals surface area contributed by atoms with Crippen molar-refractivity contribution in [1.29, 1.82) is 0 Å². The first-order valence-electron chi connectivity index (χ1n) is 17.7. The molecule has 8 aromatic carbocycles. The maximum Gasteiger partial charge on any atom is 0.143 e. The Balaban J connectivity index is 1.16. The fourth-order valence-electron chi connectivity index (χ4n) is 9.69. The van der Waals surface area contributed by atoms with Gasteiger partial charge in [0.2, 0.25) is 0 Å². The van der Waals surface area contributed by atoms with E-state index >= 15 is 0 Å². The molecule has 0 saturated carbocycles. The van der Waals surface area contributed by atoms with E-state index in [9.17, 15) is 0 Å². The van der Waals surface area contributed by atoms with Crippen molar-refractivity contribution in [2.24, 2.45) is 0 Å². The van der Waals surface area contributed by atoms with E-state index in [1.807, 2.05) is 0 Å². The quantitative estimate of drug-likeness (QED) is 0.183. The summed E-state index contributed by atoms with van der Waals surface area (Å²) in [6, 6.07) is 64.5. The molecule has 0 atom stereocenters. The molecule has 0 radical (unpaired) electrons. The molecule has 0 fully saturated rings. The summed E-state index contributed by atoms with van der Waals surface area (Å²) >= 11 is 0. The number of furan rings is 1. The van der Waals surface area contributed by atoms with Crippen LogP contribution < -0.4 is 0 Å². The highest BCUT2D eigenvalue weighted by Gasteiger charge is 2.51. The topological polar surface area (TPSA) is 18.1 Å². The Morgan fingerprint density at radius 1 is 0.373 bits per heavy atom. The molecule has 2 heterocycles. The lowest BCUT2D eigenvalue weighted by molar-refractivity contribution is 0.670. The van der Waals surface area contributed by atoms with Crippen molar-refractivity contribution in [3.8, 4) is 39.1 Å². The molecule has 2 aliphatic carbocycles. The average molecular weight is 648 g/mol. The maximum atomic E-state index is 7.01. The van der Waals surface area contributed by atoms with Gasteiger partial charge in [0.25, 0.3) is 0 Å². The lowest BCUT2D eigenvalue weighted by atomic mass is 9.70. The summed E-state index contributed by atoms with van der Waals surface area (Å²) in [4.78, 5) is 0. The van der Waals surface area contributed by atoms with E-state index < -0.39 is 0 Å². The van der Waals surface area contributed by atoms with Crippen LogP contribution in [0.2, 0.25) is 0 Å².